The third-order valence-corrected chi connectivity index (χ3v) is 6.86. The molecule has 0 aliphatic rings. The lowest BCUT2D eigenvalue weighted by atomic mass is 10.1. The van der Waals surface area contributed by atoms with Crippen LogP contribution in [0, 0.1) is 0 Å². The molecule has 2 aromatic heterocycles. The summed E-state index contributed by atoms with van der Waals surface area (Å²) in [6, 6.07) is 29.6. The van der Waals surface area contributed by atoms with Gasteiger partial charge in [-0.25, -0.2) is 4.98 Å². The van der Waals surface area contributed by atoms with E-state index >= 15 is 0 Å². The van der Waals surface area contributed by atoms with Crippen LogP contribution in [0.1, 0.15) is 30.6 Å². The lowest BCUT2D eigenvalue weighted by molar-refractivity contribution is -0.121. The topological polar surface area (TPSA) is 55.6 Å². The monoisotopic (exact) mass is 509 g/mol. The van der Waals surface area contributed by atoms with Crippen molar-refractivity contribution in [3.63, 3.8) is 0 Å². The maximum absolute atomic E-state index is 12.9. The van der Waals surface area contributed by atoms with Gasteiger partial charge in [0.1, 0.15) is 11.4 Å². The van der Waals surface area contributed by atoms with Crippen molar-refractivity contribution in [2.45, 2.75) is 25.8 Å². The van der Waals surface area contributed by atoms with Crippen LogP contribution in [-0.2, 0) is 11.2 Å². The molecular weight excluding hydrogens is 482 g/mol. The number of amides is 1. The lowest BCUT2D eigenvalue weighted by Gasteiger charge is -2.14. The first-order chi connectivity index (χ1) is 18.0. The summed E-state index contributed by atoms with van der Waals surface area (Å²) in [5.74, 6) is 0.776. The van der Waals surface area contributed by atoms with Crippen LogP contribution in [0.3, 0.4) is 0 Å². The highest BCUT2D eigenvalue weighted by Crippen LogP contribution is 2.31. The third-order valence-electron chi connectivity index (χ3n) is 6.53. The highest BCUT2D eigenvalue weighted by atomic mass is 35.5. The van der Waals surface area contributed by atoms with Gasteiger partial charge in [-0.2, -0.15) is 0 Å². The summed E-state index contributed by atoms with van der Waals surface area (Å²) in [5, 5.41) is 3.81. The molecule has 0 saturated carbocycles. The van der Waals surface area contributed by atoms with Crippen LogP contribution in [0.2, 0.25) is 5.02 Å². The molecule has 0 unspecified atom stereocenters. The summed E-state index contributed by atoms with van der Waals surface area (Å²) in [4.78, 5) is 17.9. The van der Waals surface area contributed by atoms with E-state index in [4.69, 9.17) is 21.3 Å². The number of aromatic nitrogens is 2. The molecule has 0 bridgehead atoms. The van der Waals surface area contributed by atoms with Crippen LogP contribution < -0.4 is 10.1 Å². The molecule has 1 atom stereocenters. The number of halogens is 1. The molecule has 37 heavy (non-hydrogen) atoms. The highest BCUT2D eigenvalue weighted by Gasteiger charge is 2.18. The number of pyridine rings is 1. The van der Waals surface area contributed by atoms with E-state index in [1.807, 2.05) is 97.9 Å². The molecule has 0 spiro atoms. The quantitative estimate of drug-likeness (QED) is 0.242. The van der Waals surface area contributed by atoms with Crippen LogP contribution in [0.15, 0.2) is 97.2 Å². The first-order valence-electron chi connectivity index (χ1n) is 12.3. The van der Waals surface area contributed by atoms with E-state index in [0.29, 0.717) is 17.9 Å². The number of aryl methyl sites for hydroxylation is 1. The smallest absolute Gasteiger partial charge is 0.220 e. The molecule has 0 fully saturated rings. The van der Waals surface area contributed by atoms with Crippen LogP contribution in [0.5, 0.6) is 5.75 Å². The minimum absolute atomic E-state index is 0.00533. The van der Waals surface area contributed by atoms with E-state index in [-0.39, 0.29) is 11.9 Å². The van der Waals surface area contributed by atoms with E-state index in [2.05, 4.69) is 15.9 Å². The summed E-state index contributed by atoms with van der Waals surface area (Å²) < 4.78 is 7.41. The molecule has 0 saturated heterocycles. The van der Waals surface area contributed by atoms with Gasteiger partial charge in [-0.3, -0.25) is 4.79 Å². The number of methoxy groups -OCH3 is 1. The number of imidazole rings is 1. The number of carbonyl (C=O) groups is 1. The van der Waals surface area contributed by atoms with E-state index in [0.717, 1.165) is 45.0 Å². The molecule has 5 aromatic rings. The van der Waals surface area contributed by atoms with Crippen molar-refractivity contribution in [3.05, 3.63) is 113 Å². The van der Waals surface area contributed by atoms with E-state index in [1.54, 1.807) is 7.11 Å². The number of carbonyl (C=O) groups excluding carboxylic acids is 1. The Morgan fingerprint density at radius 1 is 0.946 bits per heavy atom. The van der Waals surface area contributed by atoms with Crippen LogP contribution in [0.25, 0.3) is 28.0 Å². The maximum atomic E-state index is 12.9. The van der Waals surface area contributed by atoms with Crippen LogP contribution >= 0.6 is 11.6 Å². The fourth-order valence-electron chi connectivity index (χ4n) is 4.54. The number of ether oxygens (including phenoxy) is 1. The van der Waals surface area contributed by atoms with Gasteiger partial charge in [-0.05, 0) is 66.9 Å². The van der Waals surface area contributed by atoms with Gasteiger partial charge in [-0.15, -0.1) is 0 Å². The first kappa shape index (κ1) is 24.6. The summed E-state index contributed by atoms with van der Waals surface area (Å²) in [6.07, 6.45) is 2.92. The van der Waals surface area contributed by atoms with Crippen molar-refractivity contribution >= 4 is 23.2 Å². The van der Waals surface area contributed by atoms with Gasteiger partial charge in [0.15, 0.2) is 0 Å². The number of hydrogen-bond donors (Lipinski definition) is 1. The van der Waals surface area contributed by atoms with Gasteiger partial charge in [0.05, 0.1) is 24.5 Å². The summed E-state index contributed by atoms with van der Waals surface area (Å²) in [6.45, 7) is 2.00. The predicted octanol–water partition coefficient (Wildman–Crippen LogP) is 7.14. The van der Waals surface area contributed by atoms with Gasteiger partial charge >= 0.3 is 0 Å². The Morgan fingerprint density at radius 2 is 1.65 bits per heavy atom. The van der Waals surface area contributed by atoms with Crippen LogP contribution in [0.4, 0.5) is 0 Å². The molecule has 0 aliphatic carbocycles. The molecule has 186 valence electrons. The first-order valence-corrected chi connectivity index (χ1v) is 12.7. The van der Waals surface area contributed by atoms with Gasteiger partial charge in [0.2, 0.25) is 5.91 Å². The van der Waals surface area contributed by atoms with Crippen molar-refractivity contribution in [3.8, 4) is 28.1 Å². The molecule has 2 heterocycles. The van der Waals surface area contributed by atoms with Crippen molar-refractivity contribution in [1.29, 1.82) is 0 Å². The second-order valence-corrected chi connectivity index (χ2v) is 9.37. The number of nitrogens with zero attached hydrogens (tertiary/aromatic N) is 2. The molecule has 0 aliphatic heterocycles. The standard InChI is InChI=1S/C31H28ClN3O2/c1-21(22-8-4-3-5-9-22)33-30(36)19-17-28-31(23-12-15-25(37-2)16-13-23)34-29-18-14-24(20-35(28)29)26-10-6-7-11-27(26)32/h3-16,18,20-21H,17,19H2,1-2H3,(H,33,36)/t21-/m1/s1. The second-order valence-electron chi connectivity index (χ2n) is 8.96. The minimum atomic E-state index is -0.0660. The van der Waals surface area contributed by atoms with Crippen LogP contribution in [-0.4, -0.2) is 22.4 Å². The van der Waals surface area contributed by atoms with Gasteiger partial charge in [0, 0.05) is 28.8 Å². The van der Waals surface area contributed by atoms with E-state index in [1.165, 1.54) is 0 Å². The van der Waals surface area contributed by atoms with Crippen molar-refractivity contribution < 1.29 is 9.53 Å². The average molecular weight is 510 g/mol. The Morgan fingerprint density at radius 3 is 2.38 bits per heavy atom. The summed E-state index contributed by atoms with van der Waals surface area (Å²) in [5.41, 5.74) is 6.62. The average Bonchev–Trinajstić information content (AvgIpc) is 3.30. The van der Waals surface area contributed by atoms with Gasteiger partial charge < -0.3 is 14.5 Å². The normalized spacial score (nSPS) is 11.9. The fraction of sp³-hybridized carbons (Fsp3) is 0.161. The van der Waals surface area contributed by atoms with Gasteiger partial charge in [-0.1, -0.05) is 60.1 Å². The van der Waals surface area contributed by atoms with Gasteiger partial charge in [0.25, 0.3) is 0 Å². The molecule has 6 heteroatoms. The molecule has 5 nitrogen and oxygen atoms in total. The Kier molecular flexibility index (Phi) is 7.24. The highest BCUT2D eigenvalue weighted by molar-refractivity contribution is 6.33. The largest absolute Gasteiger partial charge is 0.497 e. The Hall–Kier alpha value is -4.09. The molecule has 3 aromatic carbocycles. The number of benzene rings is 3. The maximum Gasteiger partial charge on any atom is 0.220 e. The number of rotatable bonds is 8. The second kappa shape index (κ2) is 10.9. The third kappa shape index (κ3) is 5.37. The molecule has 1 amide bonds. The predicted molar refractivity (Wildman–Crippen MR) is 149 cm³/mol. The molecule has 1 N–H and O–H groups in total. The summed E-state index contributed by atoms with van der Waals surface area (Å²) >= 11 is 6.49. The Labute approximate surface area is 221 Å². The molecule has 0 radical (unpaired) electrons. The fourth-order valence-corrected chi connectivity index (χ4v) is 4.78. The Balaban J connectivity index is 1.49. The lowest BCUT2D eigenvalue weighted by Crippen LogP contribution is -2.26. The zero-order chi connectivity index (χ0) is 25.8. The van der Waals surface area contributed by atoms with E-state index in [9.17, 15) is 4.79 Å². The summed E-state index contributed by atoms with van der Waals surface area (Å²) in [7, 11) is 1.65. The zero-order valence-corrected chi connectivity index (χ0v) is 21.6. The zero-order valence-electron chi connectivity index (χ0n) is 20.8. The Bertz CT molecular complexity index is 1530. The van der Waals surface area contributed by atoms with E-state index < -0.39 is 0 Å². The molecule has 5 rings (SSSR count). The number of nitrogens with one attached hydrogen (secondary N) is 1. The molecular formula is C31H28ClN3O2. The van der Waals surface area contributed by atoms with Crippen molar-refractivity contribution in [2.24, 2.45) is 0 Å². The number of hydrogen-bond acceptors (Lipinski definition) is 3. The minimum Gasteiger partial charge on any atom is -0.497 e. The SMILES string of the molecule is COc1ccc(-c2nc3ccc(-c4ccccc4Cl)cn3c2CCC(=O)N[C@H](C)c2ccccc2)cc1. The number of fused-ring (bicyclic) bond motifs is 1. The van der Waals surface area contributed by atoms with Crippen molar-refractivity contribution in [2.75, 3.05) is 7.11 Å². The van der Waals surface area contributed by atoms with Crippen molar-refractivity contribution in [1.82, 2.24) is 14.7 Å².